The van der Waals surface area contributed by atoms with E-state index >= 15 is 0 Å². The van der Waals surface area contributed by atoms with Gasteiger partial charge in [-0.1, -0.05) is 6.07 Å². The molecule has 2 unspecified atom stereocenters. The molecule has 0 spiro atoms. The van der Waals surface area contributed by atoms with Gasteiger partial charge in [0.25, 0.3) is 0 Å². The molecular weight excluding hydrogens is 273 g/mol. The Kier molecular flexibility index (Phi) is 4.96. The van der Waals surface area contributed by atoms with Gasteiger partial charge in [-0.05, 0) is 37.6 Å². The zero-order valence-electron chi connectivity index (χ0n) is 12.5. The zero-order chi connectivity index (χ0) is 15.4. The van der Waals surface area contributed by atoms with Crippen molar-refractivity contribution in [3.63, 3.8) is 0 Å². The Morgan fingerprint density at radius 3 is 2.62 bits per heavy atom. The molecule has 0 N–H and O–H groups in total. The summed E-state index contributed by atoms with van der Waals surface area (Å²) in [6.45, 7) is 5.03. The van der Waals surface area contributed by atoms with E-state index in [9.17, 15) is 9.18 Å². The van der Waals surface area contributed by atoms with Crippen LogP contribution in [0.15, 0.2) is 24.3 Å². The van der Waals surface area contributed by atoms with Gasteiger partial charge in [-0.25, -0.2) is 4.39 Å². The monoisotopic (exact) mass is 293 g/mol. The SMILES string of the molecule is COc1ccc(C=CC(=O)N2CC(C)OC(C)C2)cc1F. The summed E-state index contributed by atoms with van der Waals surface area (Å²) in [5.74, 6) is -0.344. The van der Waals surface area contributed by atoms with Crippen molar-refractivity contribution in [1.29, 1.82) is 0 Å². The third kappa shape index (κ3) is 4.04. The van der Waals surface area contributed by atoms with E-state index in [4.69, 9.17) is 9.47 Å². The van der Waals surface area contributed by atoms with Crippen LogP contribution < -0.4 is 4.74 Å². The summed E-state index contributed by atoms with van der Waals surface area (Å²) in [5, 5.41) is 0. The fraction of sp³-hybridized carbons (Fsp3) is 0.438. The van der Waals surface area contributed by atoms with Gasteiger partial charge in [0.15, 0.2) is 11.6 Å². The number of hydrogen-bond acceptors (Lipinski definition) is 3. The van der Waals surface area contributed by atoms with E-state index in [1.54, 1.807) is 23.1 Å². The van der Waals surface area contributed by atoms with Gasteiger partial charge in [0, 0.05) is 19.2 Å². The van der Waals surface area contributed by atoms with Gasteiger partial charge < -0.3 is 14.4 Å². The van der Waals surface area contributed by atoms with Crippen LogP contribution in [0.3, 0.4) is 0 Å². The topological polar surface area (TPSA) is 38.8 Å². The molecule has 0 aliphatic carbocycles. The Morgan fingerprint density at radius 1 is 1.38 bits per heavy atom. The largest absolute Gasteiger partial charge is 0.494 e. The summed E-state index contributed by atoms with van der Waals surface area (Å²) in [5.41, 5.74) is 0.621. The van der Waals surface area contributed by atoms with Gasteiger partial charge in [-0.3, -0.25) is 4.79 Å². The average Bonchev–Trinajstić information content (AvgIpc) is 2.43. The molecule has 1 fully saturated rings. The van der Waals surface area contributed by atoms with Crippen LogP contribution in [-0.4, -0.2) is 43.2 Å². The van der Waals surface area contributed by atoms with Crippen molar-refractivity contribution in [2.75, 3.05) is 20.2 Å². The van der Waals surface area contributed by atoms with E-state index in [1.165, 1.54) is 19.3 Å². The van der Waals surface area contributed by atoms with E-state index in [0.29, 0.717) is 18.7 Å². The fourth-order valence-electron chi connectivity index (χ4n) is 2.42. The highest BCUT2D eigenvalue weighted by atomic mass is 19.1. The van der Waals surface area contributed by atoms with Crippen LogP contribution >= 0.6 is 0 Å². The lowest BCUT2D eigenvalue weighted by Gasteiger charge is -2.34. The molecule has 4 nitrogen and oxygen atoms in total. The van der Waals surface area contributed by atoms with Gasteiger partial charge in [-0.15, -0.1) is 0 Å². The molecule has 5 heteroatoms. The second kappa shape index (κ2) is 6.72. The number of amides is 1. The fourth-order valence-corrected chi connectivity index (χ4v) is 2.42. The third-order valence-corrected chi connectivity index (χ3v) is 3.33. The second-order valence-corrected chi connectivity index (χ2v) is 5.23. The number of carbonyl (C=O) groups is 1. The molecule has 1 aromatic carbocycles. The predicted molar refractivity (Wildman–Crippen MR) is 78.6 cm³/mol. The Hall–Kier alpha value is -1.88. The molecule has 1 saturated heterocycles. The number of rotatable bonds is 3. The molecule has 0 bridgehead atoms. The van der Waals surface area contributed by atoms with Crippen molar-refractivity contribution in [2.45, 2.75) is 26.1 Å². The molecule has 1 aromatic rings. The summed E-state index contributed by atoms with van der Waals surface area (Å²) < 4.78 is 24.0. The standard InChI is InChI=1S/C16H20FNO3/c1-11-9-18(10-12(2)21-11)16(19)7-5-13-4-6-15(20-3)14(17)8-13/h4-8,11-12H,9-10H2,1-3H3. The minimum atomic E-state index is -0.444. The van der Waals surface area contributed by atoms with Gasteiger partial charge in [0.1, 0.15) is 0 Å². The first kappa shape index (κ1) is 15.5. The van der Waals surface area contributed by atoms with E-state index in [1.807, 2.05) is 13.8 Å². The lowest BCUT2D eigenvalue weighted by atomic mass is 10.2. The summed E-state index contributed by atoms with van der Waals surface area (Å²) in [7, 11) is 1.41. The van der Waals surface area contributed by atoms with Gasteiger partial charge in [0.2, 0.25) is 5.91 Å². The number of nitrogens with zero attached hydrogens (tertiary/aromatic N) is 1. The van der Waals surface area contributed by atoms with Gasteiger partial charge in [-0.2, -0.15) is 0 Å². The predicted octanol–water partition coefficient (Wildman–Crippen LogP) is 2.48. The van der Waals surface area contributed by atoms with E-state index < -0.39 is 5.82 Å². The minimum Gasteiger partial charge on any atom is -0.494 e. The lowest BCUT2D eigenvalue weighted by Crippen LogP contribution is -2.47. The molecule has 1 amide bonds. The summed E-state index contributed by atoms with van der Waals surface area (Å²) >= 11 is 0. The van der Waals surface area contributed by atoms with Crippen LogP contribution in [0.4, 0.5) is 4.39 Å². The third-order valence-electron chi connectivity index (χ3n) is 3.33. The summed E-state index contributed by atoms with van der Waals surface area (Å²) in [6, 6.07) is 4.59. The maximum absolute atomic E-state index is 13.6. The number of methoxy groups -OCH3 is 1. The molecule has 114 valence electrons. The molecule has 2 atom stereocenters. The molecule has 1 aliphatic heterocycles. The molecule has 1 aliphatic rings. The molecule has 21 heavy (non-hydrogen) atoms. The minimum absolute atomic E-state index is 0.0320. The van der Waals surface area contributed by atoms with Crippen molar-refractivity contribution in [1.82, 2.24) is 4.90 Å². The number of ether oxygens (including phenoxy) is 2. The Bertz CT molecular complexity index is 534. The Morgan fingerprint density at radius 2 is 2.05 bits per heavy atom. The molecule has 0 aromatic heterocycles. The highest BCUT2D eigenvalue weighted by molar-refractivity contribution is 5.91. The van der Waals surface area contributed by atoms with Crippen LogP contribution in [0, 0.1) is 5.82 Å². The molecule has 1 heterocycles. The van der Waals surface area contributed by atoms with Gasteiger partial charge >= 0.3 is 0 Å². The Balaban J connectivity index is 2.03. The normalized spacial score (nSPS) is 22.6. The zero-order valence-corrected chi connectivity index (χ0v) is 12.5. The first-order valence-corrected chi connectivity index (χ1v) is 6.95. The Labute approximate surface area is 124 Å². The van der Waals surface area contributed by atoms with E-state index in [0.717, 1.165) is 0 Å². The van der Waals surface area contributed by atoms with Crippen molar-refractivity contribution < 1.29 is 18.7 Å². The van der Waals surface area contributed by atoms with E-state index in [-0.39, 0.29) is 23.9 Å². The number of carbonyl (C=O) groups excluding carboxylic acids is 1. The van der Waals surface area contributed by atoms with Crippen molar-refractivity contribution in [2.24, 2.45) is 0 Å². The first-order chi connectivity index (χ1) is 9.99. The summed E-state index contributed by atoms with van der Waals surface area (Å²) in [4.78, 5) is 13.9. The number of hydrogen-bond donors (Lipinski definition) is 0. The highest BCUT2D eigenvalue weighted by Crippen LogP contribution is 2.18. The molecule has 2 rings (SSSR count). The quantitative estimate of drug-likeness (QED) is 0.804. The lowest BCUT2D eigenvalue weighted by molar-refractivity contribution is -0.137. The number of benzene rings is 1. The molecular formula is C16H20FNO3. The van der Waals surface area contributed by atoms with Crippen molar-refractivity contribution >= 4 is 12.0 Å². The van der Waals surface area contributed by atoms with Crippen molar-refractivity contribution in [3.8, 4) is 5.75 Å². The summed E-state index contributed by atoms with van der Waals surface area (Å²) in [6.07, 6.45) is 3.14. The van der Waals surface area contributed by atoms with Crippen LogP contribution in [0.1, 0.15) is 19.4 Å². The maximum atomic E-state index is 13.6. The number of morpholine rings is 1. The van der Waals surface area contributed by atoms with Crippen LogP contribution in [-0.2, 0) is 9.53 Å². The highest BCUT2D eigenvalue weighted by Gasteiger charge is 2.24. The van der Waals surface area contributed by atoms with Crippen LogP contribution in [0.5, 0.6) is 5.75 Å². The van der Waals surface area contributed by atoms with Crippen molar-refractivity contribution in [3.05, 3.63) is 35.7 Å². The first-order valence-electron chi connectivity index (χ1n) is 6.95. The van der Waals surface area contributed by atoms with Crippen LogP contribution in [0.2, 0.25) is 0 Å². The van der Waals surface area contributed by atoms with Crippen LogP contribution in [0.25, 0.3) is 6.08 Å². The molecule has 0 radical (unpaired) electrons. The maximum Gasteiger partial charge on any atom is 0.246 e. The second-order valence-electron chi connectivity index (χ2n) is 5.23. The molecule has 0 saturated carbocycles. The average molecular weight is 293 g/mol. The van der Waals surface area contributed by atoms with E-state index in [2.05, 4.69) is 0 Å². The smallest absolute Gasteiger partial charge is 0.246 e. The van der Waals surface area contributed by atoms with Gasteiger partial charge in [0.05, 0.1) is 19.3 Å². The number of halogens is 1.